The molecule has 3 aromatic rings. The highest BCUT2D eigenvalue weighted by Gasteiger charge is 2.13. The lowest BCUT2D eigenvalue weighted by molar-refractivity contribution is 0.0945. The average Bonchev–Trinajstić information content (AvgIpc) is 2.73. The Balaban J connectivity index is 1.78. The zero-order valence-electron chi connectivity index (χ0n) is 15.0. The minimum absolute atomic E-state index is 0.0469. The second-order valence-corrected chi connectivity index (χ2v) is 6.40. The fourth-order valence-electron chi connectivity index (χ4n) is 2.54. The Bertz CT molecular complexity index is 1060. The number of amides is 2. The highest BCUT2D eigenvalue weighted by molar-refractivity contribution is 6.30. The van der Waals surface area contributed by atoms with Crippen molar-refractivity contribution in [1.29, 1.82) is 0 Å². The van der Waals surface area contributed by atoms with Gasteiger partial charge in [-0.3, -0.25) is 14.4 Å². The van der Waals surface area contributed by atoms with Crippen molar-refractivity contribution < 1.29 is 9.59 Å². The number of hydrogen-bond donors (Lipinski definition) is 3. The number of rotatable bonds is 5. The van der Waals surface area contributed by atoms with Gasteiger partial charge in [0.15, 0.2) is 0 Å². The largest absolute Gasteiger partial charge is 0.355 e. The van der Waals surface area contributed by atoms with Crippen LogP contribution >= 0.6 is 11.6 Å². The van der Waals surface area contributed by atoms with Crippen LogP contribution in [0.15, 0.2) is 59.4 Å². The summed E-state index contributed by atoms with van der Waals surface area (Å²) >= 11 is 5.84. The fourth-order valence-corrected chi connectivity index (χ4v) is 2.66. The molecule has 1 heterocycles. The topological polar surface area (TPSA) is 104 Å². The quantitative estimate of drug-likeness (QED) is 0.615. The molecule has 142 valence electrons. The van der Waals surface area contributed by atoms with Gasteiger partial charge in [0.1, 0.15) is 5.56 Å². The number of benzene rings is 2. The van der Waals surface area contributed by atoms with E-state index in [2.05, 4.69) is 20.8 Å². The summed E-state index contributed by atoms with van der Waals surface area (Å²) in [7, 11) is 1.55. The molecule has 0 unspecified atom stereocenters. The molecule has 3 N–H and O–H groups in total. The summed E-state index contributed by atoms with van der Waals surface area (Å²) in [5.41, 5.74) is 1.80. The number of H-pyrrole nitrogens is 1. The maximum Gasteiger partial charge on any atom is 0.277 e. The summed E-state index contributed by atoms with van der Waals surface area (Å²) in [6, 6.07) is 15.1. The first-order chi connectivity index (χ1) is 13.5. The van der Waals surface area contributed by atoms with Crippen LogP contribution < -0.4 is 16.2 Å². The van der Waals surface area contributed by atoms with Gasteiger partial charge < -0.3 is 10.6 Å². The van der Waals surface area contributed by atoms with Gasteiger partial charge in [0.2, 0.25) is 0 Å². The zero-order valence-corrected chi connectivity index (χ0v) is 15.7. The van der Waals surface area contributed by atoms with E-state index in [0.29, 0.717) is 21.8 Å². The van der Waals surface area contributed by atoms with Crippen LogP contribution in [-0.4, -0.2) is 29.1 Å². The van der Waals surface area contributed by atoms with E-state index in [1.807, 2.05) is 0 Å². The molecule has 1 aromatic heterocycles. The molecule has 0 aliphatic carbocycles. The van der Waals surface area contributed by atoms with Gasteiger partial charge in [0.25, 0.3) is 17.4 Å². The summed E-state index contributed by atoms with van der Waals surface area (Å²) < 4.78 is 0. The van der Waals surface area contributed by atoms with Crippen LogP contribution in [0.4, 0.5) is 0 Å². The van der Waals surface area contributed by atoms with Crippen LogP contribution in [-0.2, 0) is 6.54 Å². The molecule has 8 heteroatoms. The molecule has 7 nitrogen and oxygen atoms in total. The molecule has 0 saturated heterocycles. The van der Waals surface area contributed by atoms with E-state index >= 15 is 0 Å². The number of carbonyl (C=O) groups excluding carboxylic acids is 2. The van der Waals surface area contributed by atoms with Crippen molar-refractivity contribution in [3.8, 4) is 11.3 Å². The predicted molar refractivity (Wildman–Crippen MR) is 106 cm³/mol. The highest BCUT2D eigenvalue weighted by atomic mass is 35.5. The number of carbonyl (C=O) groups is 2. The monoisotopic (exact) mass is 396 g/mol. The molecule has 28 heavy (non-hydrogen) atoms. The van der Waals surface area contributed by atoms with Crippen molar-refractivity contribution in [2.24, 2.45) is 0 Å². The highest BCUT2D eigenvalue weighted by Crippen LogP contribution is 2.17. The summed E-state index contributed by atoms with van der Waals surface area (Å²) in [5, 5.41) is 12.2. The Morgan fingerprint density at radius 1 is 1.04 bits per heavy atom. The Morgan fingerprint density at radius 2 is 1.71 bits per heavy atom. The molecule has 0 radical (unpaired) electrons. The summed E-state index contributed by atoms with van der Waals surface area (Å²) in [6.07, 6.45) is 0. The molecule has 0 spiro atoms. The van der Waals surface area contributed by atoms with Crippen molar-refractivity contribution in [1.82, 2.24) is 20.8 Å². The fraction of sp³-hybridized carbons (Fsp3) is 0.100. The van der Waals surface area contributed by atoms with Crippen LogP contribution in [0.25, 0.3) is 11.3 Å². The average molecular weight is 397 g/mol. The van der Waals surface area contributed by atoms with Crippen LogP contribution in [0.5, 0.6) is 0 Å². The van der Waals surface area contributed by atoms with Crippen LogP contribution in [0.2, 0.25) is 5.02 Å². The van der Waals surface area contributed by atoms with E-state index in [4.69, 9.17) is 11.6 Å². The van der Waals surface area contributed by atoms with E-state index in [1.165, 1.54) is 6.07 Å². The first kappa shape index (κ1) is 19.3. The normalized spacial score (nSPS) is 10.4. The molecule has 0 aliphatic heterocycles. The lowest BCUT2D eigenvalue weighted by Crippen LogP contribution is -2.29. The third-order valence-corrected chi connectivity index (χ3v) is 4.34. The second-order valence-electron chi connectivity index (χ2n) is 5.96. The van der Waals surface area contributed by atoms with Gasteiger partial charge in [-0.25, -0.2) is 5.10 Å². The van der Waals surface area contributed by atoms with Gasteiger partial charge >= 0.3 is 0 Å². The van der Waals surface area contributed by atoms with E-state index in [9.17, 15) is 14.4 Å². The van der Waals surface area contributed by atoms with E-state index in [-0.39, 0.29) is 18.0 Å². The van der Waals surface area contributed by atoms with Gasteiger partial charge in [-0.1, -0.05) is 35.9 Å². The first-order valence-corrected chi connectivity index (χ1v) is 8.80. The SMILES string of the molecule is CNC(=O)c1ccc(-c2cc(C(=O)NCc3ccc(Cl)cc3)c(=O)[nH]n2)cc1. The molecule has 3 rings (SSSR count). The second kappa shape index (κ2) is 8.49. The van der Waals surface area contributed by atoms with Gasteiger partial charge in [-0.2, -0.15) is 5.10 Å². The van der Waals surface area contributed by atoms with Crippen LogP contribution in [0.1, 0.15) is 26.3 Å². The standard InChI is InChI=1S/C20H17ClN4O3/c1-22-18(26)14-6-4-13(5-7-14)17-10-16(20(28)25-24-17)19(27)23-11-12-2-8-15(21)9-3-12/h2-10H,11H2,1H3,(H,22,26)(H,23,27)(H,25,28). The van der Waals surface area contributed by atoms with E-state index in [1.54, 1.807) is 55.6 Å². The van der Waals surface area contributed by atoms with Gasteiger partial charge in [0, 0.05) is 29.7 Å². The molecule has 0 bridgehead atoms. The predicted octanol–water partition coefficient (Wildman–Crippen LogP) is 2.38. The number of halogens is 1. The molecule has 0 fully saturated rings. The number of aromatic nitrogens is 2. The molecule has 2 amide bonds. The van der Waals surface area contributed by atoms with Crippen LogP contribution in [0.3, 0.4) is 0 Å². The molecule has 0 atom stereocenters. The minimum Gasteiger partial charge on any atom is -0.355 e. The lowest BCUT2D eigenvalue weighted by Gasteiger charge is -2.07. The number of nitrogens with one attached hydrogen (secondary N) is 3. The van der Waals surface area contributed by atoms with E-state index < -0.39 is 11.5 Å². The zero-order chi connectivity index (χ0) is 20.1. The molecule has 0 saturated carbocycles. The molecule has 0 aliphatic rings. The Kier molecular flexibility index (Phi) is 5.86. The van der Waals surface area contributed by atoms with Crippen molar-refractivity contribution in [3.05, 3.63) is 86.7 Å². The third kappa shape index (κ3) is 4.44. The first-order valence-electron chi connectivity index (χ1n) is 8.43. The lowest BCUT2D eigenvalue weighted by atomic mass is 10.1. The van der Waals surface area contributed by atoms with Crippen molar-refractivity contribution in [3.63, 3.8) is 0 Å². The number of hydrogen-bond acceptors (Lipinski definition) is 4. The number of nitrogens with zero attached hydrogens (tertiary/aromatic N) is 1. The minimum atomic E-state index is -0.584. The summed E-state index contributed by atoms with van der Waals surface area (Å²) in [6.45, 7) is 0.258. The summed E-state index contributed by atoms with van der Waals surface area (Å²) in [4.78, 5) is 36.1. The van der Waals surface area contributed by atoms with Gasteiger partial charge in [-0.05, 0) is 35.9 Å². The third-order valence-electron chi connectivity index (χ3n) is 4.08. The Labute approximate surface area is 165 Å². The van der Waals surface area contributed by atoms with Crippen molar-refractivity contribution in [2.45, 2.75) is 6.54 Å². The van der Waals surface area contributed by atoms with Gasteiger partial charge in [0.05, 0.1) is 5.69 Å². The maximum absolute atomic E-state index is 12.4. The molecule has 2 aromatic carbocycles. The smallest absolute Gasteiger partial charge is 0.277 e. The maximum atomic E-state index is 12.4. The Morgan fingerprint density at radius 3 is 2.36 bits per heavy atom. The van der Waals surface area contributed by atoms with Crippen molar-refractivity contribution >= 4 is 23.4 Å². The molecular weight excluding hydrogens is 380 g/mol. The Hall–Kier alpha value is -3.45. The molecular formula is C20H17ClN4O3. The van der Waals surface area contributed by atoms with Crippen molar-refractivity contribution in [2.75, 3.05) is 7.05 Å². The summed E-state index contributed by atoms with van der Waals surface area (Å²) in [5.74, 6) is -0.718. The van der Waals surface area contributed by atoms with E-state index in [0.717, 1.165) is 5.56 Å². The van der Waals surface area contributed by atoms with Gasteiger partial charge in [-0.15, -0.1) is 0 Å². The number of aromatic amines is 1. The van der Waals surface area contributed by atoms with Crippen LogP contribution in [0, 0.1) is 0 Å².